The van der Waals surface area contributed by atoms with Crippen LogP contribution in [0.25, 0.3) is 11.3 Å². The molecule has 0 aliphatic carbocycles. The van der Waals surface area contributed by atoms with E-state index in [0.29, 0.717) is 12.1 Å². The van der Waals surface area contributed by atoms with Crippen molar-refractivity contribution in [1.29, 1.82) is 0 Å². The molecule has 1 aromatic heterocycles. The summed E-state index contributed by atoms with van der Waals surface area (Å²) in [5.74, 6) is -1.43. The molecular weight excluding hydrogens is 356 g/mol. The van der Waals surface area contributed by atoms with E-state index in [4.69, 9.17) is 0 Å². The third-order valence-electron chi connectivity index (χ3n) is 4.29. The number of nitrogens with zero attached hydrogens (tertiary/aromatic N) is 1. The maximum Gasteiger partial charge on any atom is 0.323 e. The first-order valence-electron chi connectivity index (χ1n) is 8.89. The molecule has 0 atom stereocenters. The Bertz CT molecular complexity index is 1030. The number of nitrogens with one attached hydrogen (secondary N) is 1. The Hall–Kier alpha value is -3.67. The molecule has 0 bridgehead atoms. The van der Waals surface area contributed by atoms with Crippen LogP contribution in [0.5, 0.6) is 0 Å². The second-order valence-electron chi connectivity index (χ2n) is 6.32. The van der Waals surface area contributed by atoms with Crippen molar-refractivity contribution in [2.45, 2.75) is 19.4 Å². The minimum Gasteiger partial charge on any atom is -0.480 e. The minimum atomic E-state index is -1.13. The van der Waals surface area contributed by atoms with Gasteiger partial charge in [0.1, 0.15) is 12.2 Å². The smallest absolute Gasteiger partial charge is 0.323 e. The fraction of sp³-hybridized carbons (Fsp3) is 0.136. The molecule has 0 saturated heterocycles. The zero-order valence-electron chi connectivity index (χ0n) is 15.2. The highest BCUT2D eigenvalue weighted by atomic mass is 16.4. The Morgan fingerprint density at radius 2 is 1.54 bits per heavy atom. The summed E-state index contributed by atoms with van der Waals surface area (Å²) in [6, 6.07) is 21.8. The molecule has 2 aromatic carbocycles. The molecule has 0 fully saturated rings. The maximum absolute atomic E-state index is 12.8. The summed E-state index contributed by atoms with van der Waals surface area (Å²) < 4.78 is 1.16. The van der Waals surface area contributed by atoms with Crippen molar-refractivity contribution < 1.29 is 14.7 Å². The number of carbonyl (C=O) groups excluding carboxylic acids is 1. The van der Waals surface area contributed by atoms with E-state index in [9.17, 15) is 19.5 Å². The molecule has 6 heteroatoms. The molecule has 3 rings (SSSR count). The number of hydrogen-bond donors (Lipinski definition) is 2. The Kier molecular flexibility index (Phi) is 6.01. The van der Waals surface area contributed by atoms with Gasteiger partial charge in [-0.1, -0.05) is 60.7 Å². The van der Waals surface area contributed by atoms with Crippen molar-refractivity contribution in [2.24, 2.45) is 0 Å². The van der Waals surface area contributed by atoms with Crippen LogP contribution < -0.4 is 10.9 Å². The third-order valence-corrected chi connectivity index (χ3v) is 4.29. The zero-order valence-corrected chi connectivity index (χ0v) is 15.2. The largest absolute Gasteiger partial charge is 0.480 e. The van der Waals surface area contributed by atoms with E-state index in [1.807, 2.05) is 48.5 Å². The van der Waals surface area contributed by atoms with Gasteiger partial charge in [-0.25, -0.2) is 0 Å². The first kappa shape index (κ1) is 19.1. The number of carboxylic acids is 1. The van der Waals surface area contributed by atoms with Gasteiger partial charge in [-0.3, -0.25) is 19.0 Å². The van der Waals surface area contributed by atoms with Crippen molar-refractivity contribution in [1.82, 2.24) is 4.57 Å². The van der Waals surface area contributed by atoms with Gasteiger partial charge < -0.3 is 10.4 Å². The number of hydrogen-bond acceptors (Lipinski definition) is 3. The number of carbonyl (C=O) groups is 2. The van der Waals surface area contributed by atoms with Crippen molar-refractivity contribution in [3.63, 3.8) is 0 Å². The monoisotopic (exact) mass is 376 g/mol. The van der Waals surface area contributed by atoms with Gasteiger partial charge in [-0.05, 0) is 29.7 Å². The van der Waals surface area contributed by atoms with Crippen LogP contribution in [0.15, 0.2) is 77.6 Å². The summed E-state index contributed by atoms with van der Waals surface area (Å²) in [6.07, 6.45) is 0.779. The maximum atomic E-state index is 12.8. The number of anilines is 1. The van der Waals surface area contributed by atoms with E-state index < -0.39 is 18.1 Å². The highest BCUT2D eigenvalue weighted by Crippen LogP contribution is 2.19. The molecule has 6 nitrogen and oxygen atoms in total. The molecule has 1 heterocycles. The lowest BCUT2D eigenvalue weighted by Crippen LogP contribution is -2.29. The molecule has 28 heavy (non-hydrogen) atoms. The molecule has 0 unspecified atom stereocenters. The number of aryl methyl sites for hydroxylation is 1. The first-order valence-corrected chi connectivity index (χ1v) is 8.89. The van der Waals surface area contributed by atoms with Crippen LogP contribution in [0.2, 0.25) is 0 Å². The number of benzene rings is 2. The summed E-state index contributed by atoms with van der Waals surface area (Å²) in [5.41, 5.74) is 1.76. The Balaban J connectivity index is 1.82. The topological polar surface area (TPSA) is 88.4 Å². The predicted molar refractivity (Wildman–Crippen MR) is 107 cm³/mol. The van der Waals surface area contributed by atoms with E-state index in [2.05, 4.69) is 5.32 Å². The second-order valence-corrected chi connectivity index (χ2v) is 6.32. The van der Waals surface area contributed by atoms with Gasteiger partial charge in [-0.2, -0.15) is 0 Å². The Morgan fingerprint density at radius 1 is 0.893 bits per heavy atom. The van der Waals surface area contributed by atoms with Crippen LogP contribution in [0.1, 0.15) is 12.0 Å². The number of aromatic nitrogens is 1. The van der Waals surface area contributed by atoms with Gasteiger partial charge in [0.25, 0.3) is 5.56 Å². The molecule has 0 aliphatic rings. The van der Waals surface area contributed by atoms with E-state index >= 15 is 0 Å². The van der Waals surface area contributed by atoms with Crippen molar-refractivity contribution >= 4 is 17.6 Å². The molecule has 0 saturated carbocycles. The summed E-state index contributed by atoms with van der Waals surface area (Å²) in [4.78, 5) is 36.3. The highest BCUT2D eigenvalue weighted by Gasteiger charge is 2.14. The van der Waals surface area contributed by atoms with Crippen LogP contribution >= 0.6 is 0 Å². The lowest BCUT2D eigenvalue weighted by Gasteiger charge is -2.14. The van der Waals surface area contributed by atoms with E-state index in [1.54, 1.807) is 18.2 Å². The minimum absolute atomic E-state index is 0.0685. The van der Waals surface area contributed by atoms with Crippen molar-refractivity contribution in [2.75, 3.05) is 5.32 Å². The number of rotatable bonds is 7. The first-order chi connectivity index (χ1) is 13.5. The van der Waals surface area contributed by atoms with Gasteiger partial charge >= 0.3 is 5.97 Å². The SMILES string of the molecule is O=C(O)Cn1c(-c2ccccc2)ccc(NC(=O)CCc2ccccc2)c1=O. The standard InChI is InChI=1S/C22H20N2O4/c25-20(14-11-16-7-3-1-4-8-16)23-18-12-13-19(17-9-5-2-6-10-17)24(22(18)28)15-21(26)27/h1-10,12-13H,11,14-15H2,(H,23,25)(H,26,27). The fourth-order valence-corrected chi connectivity index (χ4v) is 2.94. The molecule has 0 spiro atoms. The molecule has 142 valence electrons. The highest BCUT2D eigenvalue weighted by molar-refractivity contribution is 5.90. The number of carboxylic acid groups (broad SMARTS) is 1. The van der Waals surface area contributed by atoms with Gasteiger partial charge in [0, 0.05) is 6.42 Å². The summed E-state index contributed by atoms with van der Waals surface area (Å²) >= 11 is 0. The van der Waals surface area contributed by atoms with Crippen LogP contribution in [0.4, 0.5) is 5.69 Å². The van der Waals surface area contributed by atoms with Crippen LogP contribution in [0, 0.1) is 0 Å². The van der Waals surface area contributed by atoms with Crippen LogP contribution in [-0.2, 0) is 22.6 Å². The fourth-order valence-electron chi connectivity index (χ4n) is 2.94. The zero-order chi connectivity index (χ0) is 19.9. The van der Waals surface area contributed by atoms with E-state index in [1.165, 1.54) is 6.07 Å². The van der Waals surface area contributed by atoms with Gasteiger partial charge in [0.2, 0.25) is 5.91 Å². The molecular formula is C22H20N2O4. The number of pyridine rings is 1. The van der Waals surface area contributed by atoms with Crippen molar-refractivity contribution in [3.8, 4) is 11.3 Å². The second kappa shape index (κ2) is 8.81. The summed E-state index contributed by atoms with van der Waals surface area (Å²) in [7, 11) is 0. The molecule has 1 amide bonds. The molecule has 3 aromatic rings. The van der Waals surface area contributed by atoms with Gasteiger partial charge in [0.05, 0.1) is 5.69 Å². The third kappa shape index (κ3) is 4.73. The molecule has 0 aliphatic heterocycles. The average Bonchev–Trinajstić information content (AvgIpc) is 2.71. The predicted octanol–water partition coefficient (Wildman–Crippen LogP) is 3.17. The summed E-state index contributed by atoms with van der Waals surface area (Å²) in [5, 5.41) is 11.8. The van der Waals surface area contributed by atoms with Crippen LogP contribution in [-0.4, -0.2) is 21.6 Å². The lowest BCUT2D eigenvalue weighted by molar-refractivity contribution is -0.137. The normalized spacial score (nSPS) is 10.4. The number of amides is 1. The summed E-state index contributed by atoms with van der Waals surface area (Å²) in [6.45, 7) is -0.489. The van der Waals surface area contributed by atoms with E-state index in [-0.39, 0.29) is 18.0 Å². The average molecular weight is 376 g/mol. The van der Waals surface area contributed by atoms with Crippen molar-refractivity contribution in [3.05, 3.63) is 88.7 Å². The van der Waals surface area contributed by atoms with Crippen LogP contribution in [0.3, 0.4) is 0 Å². The Morgan fingerprint density at radius 3 is 2.18 bits per heavy atom. The quantitative estimate of drug-likeness (QED) is 0.663. The van der Waals surface area contributed by atoms with Gasteiger partial charge in [-0.15, -0.1) is 0 Å². The molecule has 2 N–H and O–H groups in total. The lowest BCUT2D eigenvalue weighted by atomic mass is 10.1. The Labute approximate surface area is 162 Å². The number of aliphatic carboxylic acids is 1. The van der Waals surface area contributed by atoms with Gasteiger partial charge in [0.15, 0.2) is 0 Å². The molecule has 0 radical (unpaired) electrons. The van der Waals surface area contributed by atoms with E-state index in [0.717, 1.165) is 15.7 Å².